The SMILES string of the molecule is Cn1nnc(COc2cccnc2)n1. The van der Waals surface area contributed by atoms with Gasteiger partial charge in [-0.15, -0.1) is 10.2 Å². The molecule has 0 aliphatic carbocycles. The van der Waals surface area contributed by atoms with Crippen LogP contribution in [-0.2, 0) is 13.7 Å². The summed E-state index contributed by atoms with van der Waals surface area (Å²) in [5.41, 5.74) is 0. The summed E-state index contributed by atoms with van der Waals surface area (Å²) in [4.78, 5) is 5.31. The van der Waals surface area contributed by atoms with Crippen molar-refractivity contribution in [1.29, 1.82) is 0 Å². The maximum absolute atomic E-state index is 5.36. The molecule has 14 heavy (non-hydrogen) atoms. The Kier molecular flexibility index (Phi) is 2.35. The highest BCUT2D eigenvalue weighted by Crippen LogP contribution is 2.07. The maximum atomic E-state index is 5.36. The number of hydrogen-bond acceptors (Lipinski definition) is 5. The second-order valence-electron chi connectivity index (χ2n) is 2.67. The van der Waals surface area contributed by atoms with Crippen LogP contribution in [0.25, 0.3) is 0 Å². The fraction of sp³-hybridized carbons (Fsp3) is 0.250. The Balaban J connectivity index is 1.95. The lowest BCUT2D eigenvalue weighted by molar-refractivity contribution is 0.294. The van der Waals surface area contributed by atoms with Crippen molar-refractivity contribution < 1.29 is 4.74 Å². The van der Waals surface area contributed by atoms with Crippen molar-refractivity contribution in [1.82, 2.24) is 25.2 Å². The lowest BCUT2D eigenvalue weighted by atomic mass is 10.5. The van der Waals surface area contributed by atoms with Crippen LogP contribution < -0.4 is 4.74 Å². The summed E-state index contributed by atoms with van der Waals surface area (Å²) in [5.74, 6) is 1.25. The van der Waals surface area contributed by atoms with E-state index in [9.17, 15) is 0 Å². The van der Waals surface area contributed by atoms with Crippen molar-refractivity contribution in [3.63, 3.8) is 0 Å². The van der Waals surface area contributed by atoms with Crippen molar-refractivity contribution in [3.8, 4) is 5.75 Å². The molecule has 2 aromatic heterocycles. The van der Waals surface area contributed by atoms with E-state index >= 15 is 0 Å². The van der Waals surface area contributed by atoms with Crippen LogP contribution in [0.3, 0.4) is 0 Å². The molecule has 0 spiro atoms. The van der Waals surface area contributed by atoms with E-state index in [4.69, 9.17) is 4.74 Å². The van der Waals surface area contributed by atoms with Crippen molar-refractivity contribution >= 4 is 0 Å². The van der Waals surface area contributed by atoms with Gasteiger partial charge >= 0.3 is 0 Å². The fourth-order valence-electron chi connectivity index (χ4n) is 0.961. The van der Waals surface area contributed by atoms with Crippen LogP contribution in [0.15, 0.2) is 24.5 Å². The van der Waals surface area contributed by atoms with Crippen LogP contribution in [0, 0.1) is 0 Å². The van der Waals surface area contributed by atoms with E-state index in [2.05, 4.69) is 20.4 Å². The van der Waals surface area contributed by atoms with Crippen LogP contribution in [0.4, 0.5) is 0 Å². The Morgan fingerprint density at radius 2 is 2.43 bits per heavy atom. The van der Waals surface area contributed by atoms with Crippen LogP contribution in [-0.4, -0.2) is 25.2 Å². The first-order chi connectivity index (χ1) is 6.84. The summed E-state index contributed by atoms with van der Waals surface area (Å²) in [6.45, 7) is 0.305. The molecule has 0 unspecified atom stereocenters. The monoisotopic (exact) mass is 191 g/mol. The predicted molar refractivity (Wildman–Crippen MR) is 47.4 cm³/mol. The predicted octanol–water partition coefficient (Wildman–Crippen LogP) is 0.184. The summed E-state index contributed by atoms with van der Waals surface area (Å²) in [5, 5.41) is 11.5. The Morgan fingerprint density at radius 1 is 1.50 bits per heavy atom. The van der Waals surface area contributed by atoms with E-state index in [-0.39, 0.29) is 0 Å². The molecule has 0 amide bonds. The van der Waals surface area contributed by atoms with Gasteiger partial charge in [-0.2, -0.15) is 4.80 Å². The molecule has 0 radical (unpaired) electrons. The van der Waals surface area contributed by atoms with E-state index in [1.165, 1.54) is 4.80 Å². The van der Waals surface area contributed by atoms with E-state index in [0.717, 1.165) is 0 Å². The molecule has 6 heteroatoms. The van der Waals surface area contributed by atoms with Crippen LogP contribution >= 0.6 is 0 Å². The Morgan fingerprint density at radius 3 is 3.07 bits per heavy atom. The normalized spacial score (nSPS) is 10.1. The third-order valence-electron chi connectivity index (χ3n) is 1.55. The van der Waals surface area contributed by atoms with Gasteiger partial charge in [-0.25, -0.2) is 0 Å². The highest BCUT2D eigenvalue weighted by Gasteiger charge is 2.00. The molecule has 0 saturated heterocycles. The minimum Gasteiger partial charge on any atom is -0.484 e. The number of tetrazole rings is 1. The number of hydrogen-bond donors (Lipinski definition) is 0. The van der Waals surface area contributed by atoms with Gasteiger partial charge in [0.25, 0.3) is 0 Å². The standard InChI is InChI=1S/C8H9N5O/c1-13-11-8(10-12-13)6-14-7-3-2-4-9-5-7/h2-5H,6H2,1H3. The number of aromatic nitrogens is 5. The van der Waals surface area contributed by atoms with Gasteiger partial charge in [-0.05, 0) is 17.3 Å². The molecule has 0 aromatic carbocycles. The Hall–Kier alpha value is -1.98. The van der Waals surface area contributed by atoms with E-state index in [0.29, 0.717) is 18.2 Å². The lowest BCUT2D eigenvalue weighted by Crippen LogP contribution is -1.99. The Bertz CT molecular complexity index is 399. The van der Waals surface area contributed by atoms with Crippen molar-refractivity contribution in [2.75, 3.05) is 0 Å². The van der Waals surface area contributed by atoms with Gasteiger partial charge in [0.1, 0.15) is 5.75 Å². The zero-order valence-corrected chi connectivity index (χ0v) is 7.66. The third kappa shape index (κ3) is 2.03. The molecule has 0 atom stereocenters. The van der Waals surface area contributed by atoms with Crippen molar-refractivity contribution in [2.24, 2.45) is 7.05 Å². The molecule has 72 valence electrons. The molecule has 6 nitrogen and oxygen atoms in total. The fourth-order valence-corrected chi connectivity index (χ4v) is 0.961. The smallest absolute Gasteiger partial charge is 0.212 e. The van der Waals surface area contributed by atoms with E-state index < -0.39 is 0 Å². The number of nitrogens with zero attached hydrogens (tertiary/aromatic N) is 5. The maximum Gasteiger partial charge on any atom is 0.212 e. The second kappa shape index (κ2) is 3.82. The van der Waals surface area contributed by atoms with Gasteiger partial charge in [-0.3, -0.25) is 4.98 Å². The first-order valence-corrected chi connectivity index (χ1v) is 4.10. The quantitative estimate of drug-likeness (QED) is 0.692. The van der Waals surface area contributed by atoms with Crippen LogP contribution in [0.1, 0.15) is 5.82 Å². The van der Waals surface area contributed by atoms with Gasteiger partial charge in [0.15, 0.2) is 6.61 Å². The average molecular weight is 191 g/mol. The zero-order valence-electron chi connectivity index (χ0n) is 7.66. The molecule has 0 bridgehead atoms. The number of aryl methyl sites for hydroxylation is 1. The highest BCUT2D eigenvalue weighted by atomic mass is 16.5. The van der Waals surface area contributed by atoms with E-state index in [1.807, 2.05) is 6.07 Å². The van der Waals surface area contributed by atoms with Gasteiger partial charge in [0.05, 0.1) is 13.2 Å². The average Bonchev–Trinajstić information content (AvgIpc) is 2.63. The molecule has 0 saturated carbocycles. The molecule has 0 N–H and O–H groups in total. The summed E-state index contributed by atoms with van der Waals surface area (Å²) >= 11 is 0. The molecule has 0 aliphatic rings. The third-order valence-corrected chi connectivity index (χ3v) is 1.55. The van der Waals surface area contributed by atoms with Gasteiger partial charge < -0.3 is 4.74 Å². The van der Waals surface area contributed by atoms with Crippen molar-refractivity contribution in [2.45, 2.75) is 6.61 Å². The number of rotatable bonds is 3. The minimum atomic E-state index is 0.305. The molecule has 0 aliphatic heterocycles. The molecule has 2 aromatic rings. The first kappa shape index (κ1) is 8.61. The van der Waals surface area contributed by atoms with Crippen LogP contribution in [0.5, 0.6) is 5.75 Å². The molecule has 2 heterocycles. The summed E-state index contributed by atoms with van der Waals surface area (Å²) in [6.07, 6.45) is 3.32. The molecule has 2 rings (SSSR count). The molecule has 0 fully saturated rings. The molecular weight excluding hydrogens is 182 g/mol. The largest absolute Gasteiger partial charge is 0.484 e. The van der Waals surface area contributed by atoms with Crippen molar-refractivity contribution in [3.05, 3.63) is 30.4 Å². The highest BCUT2D eigenvalue weighted by molar-refractivity contribution is 5.15. The molecular formula is C8H9N5O. The lowest BCUT2D eigenvalue weighted by Gasteiger charge is -2.00. The summed E-state index contributed by atoms with van der Waals surface area (Å²) in [7, 11) is 1.71. The van der Waals surface area contributed by atoms with Gasteiger partial charge in [0, 0.05) is 6.20 Å². The topological polar surface area (TPSA) is 65.7 Å². The van der Waals surface area contributed by atoms with Crippen LogP contribution in [0.2, 0.25) is 0 Å². The van der Waals surface area contributed by atoms with Gasteiger partial charge in [-0.1, -0.05) is 0 Å². The zero-order chi connectivity index (χ0) is 9.80. The number of pyridine rings is 1. The Labute approximate surface area is 80.5 Å². The summed E-state index contributed by atoms with van der Waals surface area (Å²) < 4.78 is 5.36. The van der Waals surface area contributed by atoms with Gasteiger partial charge in [0.2, 0.25) is 5.82 Å². The number of ether oxygens (including phenoxy) is 1. The minimum absolute atomic E-state index is 0.305. The first-order valence-electron chi connectivity index (χ1n) is 4.10. The van der Waals surface area contributed by atoms with E-state index in [1.54, 1.807) is 25.5 Å². The summed E-state index contributed by atoms with van der Waals surface area (Å²) in [6, 6.07) is 3.63. The second-order valence-corrected chi connectivity index (χ2v) is 2.67.